The molecule has 0 saturated carbocycles. The van der Waals surface area contributed by atoms with Crippen molar-refractivity contribution >= 4 is 12.2 Å². The number of hydrogen-bond acceptors (Lipinski definition) is 4. The molecule has 0 unspecified atom stereocenters. The molecule has 3 aromatic rings. The molecule has 5 nitrogen and oxygen atoms in total. The summed E-state index contributed by atoms with van der Waals surface area (Å²) in [5.41, 5.74) is 1.98. The van der Waals surface area contributed by atoms with Crippen molar-refractivity contribution < 1.29 is 9.13 Å². The van der Waals surface area contributed by atoms with Gasteiger partial charge in [0.25, 0.3) is 0 Å². The molecule has 146 valence electrons. The molecule has 0 N–H and O–H groups in total. The van der Waals surface area contributed by atoms with Crippen molar-refractivity contribution in [3.8, 4) is 17.1 Å². The fourth-order valence-corrected chi connectivity index (χ4v) is 3.22. The van der Waals surface area contributed by atoms with Crippen molar-refractivity contribution in [1.29, 1.82) is 0 Å². The molecule has 0 fully saturated rings. The van der Waals surface area contributed by atoms with Crippen LogP contribution in [0, 0.1) is 10.6 Å². The maximum Gasteiger partial charge on any atom is 0.199 e. The molecule has 7 heteroatoms. The van der Waals surface area contributed by atoms with Crippen molar-refractivity contribution in [2.24, 2.45) is 0 Å². The zero-order chi connectivity index (χ0) is 20.1. The minimum atomic E-state index is -0.281. The lowest BCUT2D eigenvalue weighted by Gasteiger charge is -2.16. The fraction of sp³-hybridized carbons (Fsp3) is 0.238. The average Bonchev–Trinajstić information content (AvgIpc) is 2.99. The highest BCUT2D eigenvalue weighted by Crippen LogP contribution is 2.20. The van der Waals surface area contributed by atoms with Crippen molar-refractivity contribution in [1.82, 2.24) is 19.2 Å². The summed E-state index contributed by atoms with van der Waals surface area (Å²) in [6.45, 7) is 5.61. The SMILES string of the molecule is C=CCn1c(-c2ccc(F)cc2)nn(CN(C)Cc2ccc(OC)cc2)c1=S. The largest absolute Gasteiger partial charge is 0.497 e. The molecule has 1 heterocycles. The van der Waals surface area contributed by atoms with Gasteiger partial charge in [-0.3, -0.25) is 9.47 Å². The summed E-state index contributed by atoms with van der Waals surface area (Å²) in [6, 6.07) is 14.2. The minimum Gasteiger partial charge on any atom is -0.497 e. The Morgan fingerprint density at radius 3 is 2.46 bits per heavy atom. The summed E-state index contributed by atoms with van der Waals surface area (Å²) in [4.78, 5) is 2.12. The molecule has 0 amide bonds. The number of benzene rings is 2. The molecule has 0 bridgehead atoms. The number of ether oxygens (including phenoxy) is 1. The summed E-state index contributed by atoms with van der Waals surface area (Å²) in [5.74, 6) is 1.25. The van der Waals surface area contributed by atoms with Crippen LogP contribution < -0.4 is 4.74 Å². The normalized spacial score (nSPS) is 11.0. The molecule has 1 aromatic heterocycles. The van der Waals surface area contributed by atoms with Gasteiger partial charge in [-0.1, -0.05) is 18.2 Å². The van der Waals surface area contributed by atoms with E-state index in [0.717, 1.165) is 17.9 Å². The summed E-state index contributed by atoms with van der Waals surface area (Å²) in [5, 5.41) is 4.68. The van der Waals surface area contributed by atoms with E-state index in [1.807, 2.05) is 35.9 Å². The van der Waals surface area contributed by atoms with E-state index in [2.05, 4.69) is 16.6 Å². The standard InChI is InChI=1S/C21H23FN4OS/c1-4-13-25-20(17-7-9-18(22)10-8-17)23-26(21(25)28)15-24(2)14-16-5-11-19(27-3)12-6-16/h4-12H,1,13-15H2,2-3H3. The van der Waals surface area contributed by atoms with Crippen LogP contribution in [-0.4, -0.2) is 33.4 Å². The van der Waals surface area contributed by atoms with E-state index in [0.29, 0.717) is 23.8 Å². The van der Waals surface area contributed by atoms with Gasteiger partial charge >= 0.3 is 0 Å². The first-order valence-electron chi connectivity index (χ1n) is 8.87. The Bertz CT molecular complexity index is 993. The van der Waals surface area contributed by atoms with Crippen molar-refractivity contribution in [3.63, 3.8) is 0 Å². The number of rotatable bonds is 8. The van der Waals surface area contributed by atoms with Gasteiger partial charge < -0.3 is 4.74 Å². The molecule has 3 rings (SSSR count). The number of nitrogens with zero attached hydrogens (tertiary/aromatic N) is 4. The minimum absolute atomic E-state index is 0.281. The van der Waals surface area contributed by atoms with E-state index < -0.39 is 0 Å². The van der Waals surface area contributed by atoms with Gasteiger partial charge in [0.2, 0.25) is 0 Å². The monoisotopic (exact) mass is 398 g/mol. The predicted octanol–water partition coefficient (Wildman–Crippen LogP) is 4.50. The van der Waals surface area contributed by atoms with Crippen LogP contribution in [0.5, 0.6) is 5.75 Å². The van der Waals surface area contributed by atoms with Gasteiger partial charge in [0.05, 0.1) is 13.8 Å². The first kappa shape index (κ1) is 20.0. The quantitative estimate of drug-likeness (QED) is 0.413. The third kappa shape index (κ3) is 4.55. The molecular formula is C21H23FN4OS. The second-order valence-corrected chi connectivity index (χ2v) is 6.88. The molecule has 0 aliphatic heterocycles. The van der Waals surface area contributed by atoms with Gasteiger partial charge in [0.15, 0.2) is 10.6 Å². The lowest BCUT2D eigenvalue weighted by atomic mass is 10.2. The highest BCUT2D eigenvalue weighted by Gasteiger charge is 2.13. The fourth-order valence-electron chi connectivity index (χ4n) is 2.96. The maximum absolute atomic E-state index is 13.3. The Balaban J connectivity index is 1.82. The Kier molecular flexibility index (Phi) is 6.38. The Labute approximate surface area is 169 Å². The molecule has 0 radical (unpaired) electrons. The van der Waals surface area contributed by atoms with E-state index in [1.165, 1.54) is 17.7 Å². The van der Waals surface area contributed by atoms with E-state index in [1.54, 1.807) is 30.0 Å². The zero-order valence-electron chi connectivity index (χ0n) is 16.0. The van der Waals surface area contributed by atoms with Gasteiger partial charge in [0, 0.05) is 18.7 Å². The van der Waals surface area contributed by atoms with Crippen LogP contribution in [0.1, 0.15) is 5.56 Å². The summed E-state index contributed by atoms with van der Waals surface area (Å²) >= 11 is 5.62. The Morgan fingerprint density at radius 1 is 1.18 bits per heavy atom. The number of hydrogen-bond donors (Lipinski definition) is 0. The van der Waals surface area contributed by atoms with Crippen molar-refractivity contribution in [2.45, 2.75) is 19.8 Å². The van der Waals surface area contributed by atoms with Gasteiger partial charge in [-0.25, -0.2) is 9.07 Å². The maximum atomic E-state index is 13.3. The summed E-state index contributed by atoms with van der Waals surface area (Å²) < 4.78 is 22.8. The van der Waals surface area contributed by atoms with Crippen LogP contribution in [0.4, 0.5) is 4.39 Å². The summed E-state index contributed by atoms with van der Waals surface area (Å²) in [6.07, 6.45) is 1.77. The third-order valence-corrected chi connectivity index (χ3v) is 4.75. The highest BCUT2D eigenvalue weighted by molar-refractivity contribution is 7.71. The predicted molar refractivity (Wildman–Crippen MR) is 111 cm³/mol. The van der Waals surface area contributed by atoms with Crippen LogP contribution in [0.15, 0.2) is 61.2 Å². The van der Waals surface area contributed by atoms with E-state index in [9.17, 15) is 4.39 Å². The molecular weight excluding hydrogens is 375 g/mol. The van der Waals surface area contributed by atoms with Gasteiger partial charge in [-0.05, 0) is 61.2 Å². The van der Waals surface area contributed by atoms with E-state index >= 15 is 0 Å². The highest BCUT2D eigenvalue weighted by atomic mass is 32.1. The first-order chi connectivity index (χ1) is 13.5. The second-order valence-electron chi connectivity index (χ2n) is 6.52. The van der Waals surface area contributed by atoms with Crippen LogP contribution in [0.25, 0.3) is 11.4 Å². The molecule has 0 aliphatic carbocycles. The smallest absolute Gasteiger partial charge is 0.199 e. The topological polar surface area (TPSA) is 35.2 Å². The lowest BCUT2D eigenvalue weighted by molar-refractivity contribution is 0.244. The van der Waals surface area contributed by atoms with E-state index in [-0.39, 0.29) is 5.82 Å². The summed E-state index contributed by atoms with van der Waals surface area (Å²) in [7, 11) is 3.66. The van der Waals surface area contributed by atoms with E-state index in [4.69, 9.17) is 17.0 Å². The molecule has 2 aromatic carbocycles. The Hall–Kier alpha value is -2.77. The molecule has 28 heavy (non-hydrogen) atoms. The molecule has 0 saturated heterocycles. The lowest BCUT2D eigenvalue weighted by Crippen LogP contribution is -2.22. The number of halogens is 1. The van der Waals surface area contributed by atoms with Gasteiger partial charge in [0.1, 0.15) is 11.6 Å². The molecule has 0 spiro atoms. The zero-order valence-corrected chi connectivity index (χ0v) is 16.8. The van der Waals surface area contributed by atoms with Crippen molar-refractivity contribution in [2.75, 3.05) is 14.2 Å². The van der Waals surface area contributed by atoms with Crippen LogP contribution in [-0.2, 0) is 19.8 Å². The molecule has 0 atom stereocenters. The van der Waals surface area contributed by atoms with Crippen LogP contribution in [0.2, 0.25) is 0 Å². The number of allylic oxidation sites excluding steroid dienone is 1. The van der Waals surface area contributed by atoms with Gasteiger partial charge in [-0.2, -0.15) is 5.10 Å². The average molecular weight is 399 g/mol. The van der Waals surface area contributed by atoms with Crippen LogP contribution >= 0.6 is 12.2 Å². The number of aromatic nitrogens is 3. The van der Waals surface area contributed by atoms with Crippen molar-refractivity contribution in [3.05, 3.63) is 77.3 Å². The van der Waals surface area contributed by atoms with Gasteiger partial charge in [-0.15, -0.1) is 6.58 Å². The Morgan fingerprint density at radius 2 is 1.86 bits per heavy atom. The second kappa shape index (κ2) is 8.95. The first-order valence-corrected chi connectivity index (χ1v) is 9.28. The number of methoxy groups -OCH3 is 1. The van der Waals surface area contributed by atoms with Crippen LogP contribution in [0.3, 0.4) is 0 Å². The third-order valence-electron chi connectivity index (χ3n) is 4.32. The molecule has 0 aliphatic rings.